The third kappa shape index (κ3) is 2.69. The number of halogens is 2. The molecule has 0 aliphatic carbocycles. The zero-order chi connectivity index (χ0) is 10.7. The minimum atomic E-state index is -0.851. The van der Waals surface area contributed by atoms with Gasteiger partial charge in [-0.25, -0.2) is 4.39 Å². The van der Waals surface area contributed by atoms with Crippen LogP contribution in [0.4, 0.5) is 4.39 Å². The summed E-state index contributed by atoms with van der Waals surface area (Å²) in [6, 6.07) is 3.38. The molecule has 0 aliphatic heterocycles. The highest BCUT2D eigenvalue weighted by Crippen LogP contribution is 2.27. The van der Waals surface area contributed by atoms with Crippen LogP contribution in [-0.2, 0) is 0 Å². The molecule has 0 spiro atoms. The van der Waals surface area contributed by atoms with Crippen molar-refractivity contribution in [1.29, 1.82) is 5.26 Å². The Balaban J connectivity index is 0.00000196. The van der Waals surface area contributed by atoms with E-state index in [9.17, 15) is 9.50 Å². The largest absolute Gasteiger partial charge is 0.505 e. The lowest BCUT2D eigenvalue weighted by Crippen LogP contribution is -2.07. The van der Waals surface area contributed by atoms with Gasteiger partial charge in [-0.3, -0.25) is 0 Å². The number of hydrogen-bond donors (Lipinski definition) is 2. The Hall–Kier alpha value is -1.57. The number of nitrogens with two attached hydrogens (primary N) is 1. The molecule has 0 bridgehead atoms. The fourth-order valence-corrected chi connectivity index (χ4v) is 1.07. The van der Waals surface area contributed by atoms with Gasteiger partial charge in [0.25, 0.3) is 0 Å². The molecule has 3 N–H and O–H groups in total. The van der Waals surface area contributed by atoms with Crippen molar-refractivity contribution in [2.75, 3.05) is 0 Å². The second-order valence-electron chi connectivity index (χ2n) is 2.77. The standard InChI is InChI=1S/C10H9FN2O.ClH/c1-2-9(13)7-3-6(5-12)4-8(11)10(7)14;/h2-4,9,14H,1,13H2;1H/t9-;/m1./s1. The third-order valence-electron chi connectivity index (χ3n) is 1.84. The molecule has 0 unspecified atom stereocenters. The van der Waals surface area contributed by atoms with Crippen LogP contribution in [0.3, 0.4) is 0 Å². The van der Waals surface area contributed by atoms with Crippen LogP contribution >= 0.6 is 12.4 Å². The topological polar surface area (TPSA) is 70.0 Å². The van der Waals surface area contributed by atoms with Gasteiger partial charge in [0.1, 0.15) is 0 Å². The van der Waals surface area contributed by atoms with Crippen molar-refractivity contribution in [2.45, 2.75) is 6.04 Å². The number of nitriles is 1. The number of nitrogens with zero attached hydrogens (tertiary/aromatic N) is 1. The number of rotatable bonds is 2. The van der Waals surface area contributed by atoms with E-state index >= 15 is 0 Å². The summed E-state index contributed by atoms with van der Waals surface area (Å²) in [6.45, 7) is 3.42. The SMILES string of the molecule is C=C[C@@H](N)c1cc(C#N)cc(F)c1O.Cl. The zero-order valence-corrected chi connectivity index (χ0v) is 8.59. The van der Waals surface area contributed by atoms with Crippen LogP contribution in [0.5, 0.6) is 5.75 Å². The van der Waals surface area contributed by atoms with E-state index in [0.717, 1.165) is 6.07 Å². The molecule has 1 atom stereocenters. The fraction of sp³-hybridized carbons (Fsp3) is 0.100. The van der Waals surface area contributed by atoms with Crippen LogP contribution < -0.4 is 5.73 Å². The molecule has 1 rings (SSSR count). The van der Waals surface area contributed by atoms with Gasteiger partial charge in [-0.1, -0.05) is 6.08 Å². The quantitative estimate of drug-likeness (QED) is 0.761. The Kier molecular flexibility index (Phi) is 4.79. The van der Waals surface area contributed by atoms with E-state index in [1.54, 1.807) is 6.07 Å². The minimum absolute atomic E-state index is 0. The maximum atomic E-state index is 13.0. The Bertz CT molecular complexity index is 415. The second kappa shape index (κ2) is 5.35. The van der Waals surface area contributed by atoms with Gasteiger partial charge in [0.2, 0.25) is 0 Å². The summed E-state index contributed by atoms with van der Waals surface area (Å²) >= 11 is 0. The lowest BCUT2D eigenvalue weighted by molar-refractivity contribution is 0.424. The Morgan fingerprint density at radius 2 is 2.20 bits per heavy atom. The first-order chi connectivity index (χ1) is 6.60. The van der Waals surface area contributed by atoms with E-state index in [1.165, 1.54) is 12.1 Å². The third-order valence-corrected chi connectivity index (χ3v) is 1.84. The zero-order valence-electron chi connectivity index (χ0n) is 7.77. The molecular weight excluding hydrogens is 219 g/mol. The normalized spacial score (nSPS) is 11.0. The highest BCUT2D eigenvalue weighted by atomic mass is 35.5. The molecule has 0 amide bonds. The van der Waals surface area contributed by atoms with Crippen LogP contribution in [0.25, 0.3) is 0 Å². The van der Waals surface area contributed by atoms with Crippen molar-refractivity contribution in [3.05, 3.63) is 41.7 Å². The molecule has 0 aliphatic rings. The van der Waals surface area contributed by atoms with E-state index in [2.05, 4.69) is 6.58 Å². The number of aromatic hydroxyl groups is 1. The second-order valence-corrected chi connectivity index (χ2v) is 2.77. The molecule has 3 nitrogen and oxygen atoms in total. The highest BCUT2D eigenvalue weighted by molar-refractivity contribution is 5.85. The molecule has 0 saturated carbocycles. The first kappa shape index (κ1) is 13.4. The summed E-state index contributed by atoms with van der Waals surface area (Å²) in [7, 11) is 0. The first-order valence-electron chi connectivity index (χ1n) is 3.90. The van der Waals surface area contributed by atoms with Gasteiger partial charge in [-0.05, 0) is 12.1 Å². The molecule has 5 heteroatoms. The van der Waals surface area contributed by atoms with E-state index < -0.39 is 17.6 Å². The molecular formula is C10H10ClFN2O. The Labute approximate surface area is 93.0 Å². The summed E-state index contributed by atoms with van der Waals surface area (Å²) in [4.78, 5) is 0. The molecule has 0 aromatic heterocycles. The predicted octanol–water partition coefficient (Wildman–Crippen LogP) is 2.01. The Morgan fingerprint density at radius 3 is 2.67 bits per heavy atom. The van der Waals surface area contributed by atoms with Crippen LogP contribution in [0.15, 0.2) is 24.8 Å². The highest BCUT2D eigenvalue weighted by Gasteiger charge is 2.13. The molecule has 0 radical (unpaired) electrons. The lowest BCUT2D eigenvalue weighted by Gasteiger charge is -2.09. The monoisotopic (exact) mass is 228 g/mol. The Morgan fingerprint density at radius 1 is 1.60 bits per heavy atom. The number of benzene rings is 1. The summed E-state index contributed by atoms with van der Waals surface area (Å²) in [6.07, 6.45) is 1.36. The van der Waals surface area contributed by atoms with Gasteiger partial charge >= 0.3 is 0 Å². The molecule has 1 aromatic rings. The van der Waals surface area contributed by atoms with E-state index in [0.29, 0.717) is 0 Å². The van der Waals surface area contributed by atoms with Crippen LogP contribution in [0, 0.1) is 17.1 Å². The maximum Gasteiger partial charge on any atom is 0.166 e. The van der Waals surface area contributed by atoms with E-state index in [1.807, 2.05) is 0 Å². The first-order valence-corrected chi connectivity index (χ1v) is 3.90. The number of hydrogen-bond acceptors (Lipinski definition) is 3. The van der Waals surface area contributed by atoms with Gasteiger partial charge in [0.15, 0.2) is 11.6 Å². The predicted molar refractivity (Wildman–Crippen MR) is 57.2 cm³/mol. The molecule has 1 aromatic carbocycles. The van der Waals surface area contributed by atoms with Crippen LogP contribution in [-0.4, -0.2) is 5.11 Å². The summed E-state index contributed by atoms with van der Waals surface area (Å²) in [5.41, 5.74) is 5.82. The summed E-state index contributed by atoms with van der Waals surface area (Å²) in [5, 5.41) is 17.9. The molecule has 80 valence electrons. The summed E-state index contributed by atoms with van der Waals surface area (Å²) < 4.78 is 13.0. The van der Waals surface area contributed by atoms with Gasteiger partial charge in [0.05, 0.1) is 17.7 Å². The summed E-state index contributed by atoms with van der Waals surface area (Å²) in [5.74, 6) is -1.38. The molecule has 15 heavy (non-hydrogen) atoms. The molecule has 0 heterocycles. The van der Waals surface area contributed by atoms with Crippen LogP contribution in [0.2, 0.25) is 0 Å². The van der Waals surface area contributed by atoms with Crippen LogP contribution in [0.1, 0.15) is 17.2 Å². The molecule has 0 fully saturated rings. The van der Waals surface area contributed by atoms with Gasteiger partial charge in [-0.2, -0.15) is 5.26 Å². The van der Waals surface area contributed by atoms with Crippen molar-refractivity contribution in [1.82, 2.24) is 0 Å². The van der Waals surface area contributed by atoms with Gasteiger partial charge in [-0.15, -0.1) is 19.0 Å². The smallest absolute Gasteiger partial charge is 0.166 e. The van der Waals surface area contributed by atoms with Gasteiger partial charge in [0, 0.05) is 5.56 Å². The van der Waals surface area contributed by atoms with Crippen molar-refractivity contribution in [2.24, 2.45) is 5.73 Å². The maximum absolute atomic E-state index is 13.0. The minimum Gasteiger partial charge on any atom is -0.505 e. The average Bonchev–Trinajstić information content (AvgIpc) is 2.20. The van der Waals surface area contributed by atoms with Crippen molar-refractivity contribution in [3.8, 4) is 11.8 Å². The fourth-order valence-electron chi connectivity index (χ4n) is 1.07. The number of phenolic OH excluding ortho intramolecular Hbond substituents is 1. The van der Waals surface area contributed by atoms with Gasteiger partial charge < -0.3 is 10.8 Å². The van der Waals surface area contributed by atoms with E-state index in [-0.39, 0.29) is 23.5 Å². The average molecular weight is 229 g/mol. The van der Waals surface area contributed by atoms with Crippen molar-refractivity contribution in [3.63, 3.8) is 0 Å². The number of phenols is 1. The van der Waals surface area contributed by atoms with Crippen molar-refractivity contribution < 1.29 is 9.50 Å². The van der Waals surface area contributed by atoms with E-state index in [4.69, 9.17) is 11.0 Å². The van der Waals surface area contributed by atoms with Crippen molar-refractivity contribution >= 4 is 12.4 Å². The lowest BCUT2D eigenvalue weighted by atomic mass is 10.0. The molecule has 0 saturated heterocycles.